The first-order valence-electron chi connectivity index (χ1n) is 11.5. The fraction of sp³-hybridized carbons (Fsp3) is 0.826. The third kappa shape index (κ3) is 5.44. The highest BCUT2D eigenvalue weighted by molar-refractivity contribution is 5.32. The lowest BCUT2D eigenvalue weighted by Gasteiger charge is -2.40. The third-order valence-electron chi connectivity index (χ3n) is 7.30. The number of allylic oxidation sites excluding steroid dienone is 1. The topological polar surface area (TPSA) is 41.1 Å². The van der Waals surface area contributed by atoms with Crippen LogP contribution in [-0.2, 0) is 0 Å². The fourth-order valence-electron chi connectivity index (χ4n) is 5.33. The summed E-state index contributed by atoms with van der Waals surface area (Å²) < 4.78 is 0. The molecule has 0 aromatic carbocycles. The van der Waals surface area contributed by atoms with Crippen molar-refractivity contribution < 1.29 is 0 Å². The highest BCUT2D eigenvalue weighted by atomic mass is 15.3. The van der Waals surface area contributed by atoms with Crippen molar-refractivity contribution in [3.63, 3.8) is 0 Å². The summed E-state index contributed by atoms with van der Waals surface area (Å²) >= 11 is 0. The minimum absolute atomic E-state index is 0.244. The molecule has 3 aliphatic rings. The summed E-state index contributed by atoms with van der Waals surface area (Å²) in [6, 6.07) is 3.54. The van der Waals surface area contributed by atoms with Crippen LogP contribution in [0.1, 0.15) is 52.4 Å². The Bertz CT molecular complexity index is 635. The minimum atomic E-state index is 0.244. The van der Waals surface area contributed by atoms with Gasteiger partial charge in [-0.3, -0.25) is 4.90 Å². The van der Waals surface area contributed by atoms with Crippen molar-refractivity contribution in [3.8, 4) is 6.07 Å². The maximum Gasteiger partial charge on any atom is 0.300 e. The van der Waals surface area contributed by atoms with E-state index in [-0.39, 0.29) is 5.70 Å². The molecule has 3 aliphatic heterocycles. The maximum absolute atomic E-state index is 9.58. The van der Waals surface area contributed by atoms with Gasteiger partial charge in [-0.2, -0.15) is 0 Å². The van der Waals surface area contributed by atoms with Crippen LogP contribution in [0.15, 0.2) is 11.5 Å². The maximum atomic E-state index is 9.58. The van der Waals surface area contributed by atoms with Gasteiger partial charge in [0.05, 0.1) is 12.6 Å². The van der Waals surface area contributed by atoms with Crippen LogP contribution in [0.5, 0.6) is 0 Å². The monoisotopic (exact) mass is 398 g/mol. The Morgan fingerprint density at radius 3 is 2.17 bits per heavy atom. The SMILES string of the molecule is [C-]#[N+]C(C#N)=C(N(C)CCN1CCC[C@@H]1C)N1CCC(CN2CCCC2C)CC1. The molecule has 0 aromatic rings. The lowest BCUT2D eigenvalue weighted by molar-refractivity contribution is 0.131. The number of nitrogens with zero attached hydrogens (tertiary/aromatic N) is 6. The van der Waals surface area contributed by atoms with E-state index in [4.69, 9.17) is 6.57 Å². The molecular formula is C23H38N6. The van der Waals surface area contributed by atoms with Crippen molar-refractivity contribution >= 4 is 0 Å². The first-order valence-corrected chi connectivity index (χ1v) is 11.5. The number of likely N-dealkylation sites (N-methyl/N-ethyl adjacent to an activating group) is 1. The summed E-state index contributed by atoms with van der Waals surface area (Å²) in [7, 11) is 2.05. The van der Waals surface area contributed by atoms with Crippen LogP contribution >= 0.6 is 0 Å². The van der Waals surface area contributed by atoms with Crippen LogP contribution in [0.4, 0.5) is 0 Å². The van der Waals surface area contributed by atoms with E-state index in [2.05, 4.69) is 51.4 Å². The van der Waals surface area contributed by atoms with Gasteiger partial charge in [0.1, 0.15) is 5.82 Å². The normalized spacial score (nSPS) is 27.6. The molecule has 3 heterocycles. The Morgan fingerprint density at radius 1 is 1.03 bits per heavy atom. The van der Waals surface area contributed by atoms with Crippen molar-refractivity contribution in [2.45, 2.75) is 64.5 Å². The molecule has 0 amide bonds. The van der Waals surface area contributed by atoms with Crippen molar-refractivity contribution in [3.05, 3.63) is 22.9 Å². The Balaban J connectivity index is 1.58. The molecule has 6 nitrogen and oxygen atoms in total. The first kappa shape index (κ1) is 21.9. The van der Waals surface area contributed by atoms with Gasteiger partial charge in [-0.25, -0.2) is 10.1 Å². The van der Waals surface area contributed by atoms with Crippen LogP contribution in [0.25, 0.3) is 4.85 Å². The summed E-state index contributed by atoms with van der Waals surface area (Å²) in [4.78, 5) is 13.2. The predicted molar refractivity (Wildman–Crippen MR) is 117 cm³/mol. The van der Waals surface area contributed by atoms with Crippen molar-refractivity contribution in [2.75, 3.05) is 52.9 Å². The van der Waals surface area contributed by atoms with Crippen LogP contribution in [0.3, 0.4) is 0 Å². The minimum Gasteiger partial charge on any atom is -0.368 e. The molecule has 0 spiro atoms. The van der Waals surface area contributed by atoms with Gasteiger partial charge in [0.25, 0.3) is 0 Å². The largest absolute Gasteiger partial charge is 0.368 e. The van der Waals surface area contributed by atoms with Crippen molar-refractivity contribution in [1.82, 2.24) is 19.6 Å². The van der Waals surface area contributed by atoms with Crippen molar-refractivity contribution in [2.24, 2.45) is 5.92 Å². The summed E-state index contributed by atoms with van der Waals surface area (Å²) in [5, 5.41) is 9.58. The summed E-state index contributed by atoms with van der Waals surface area (Å²) in [5.74, 6) is 1.59. The van der Waals surface area contributed by atoms with Gasteiger partial charge in [0.15, 0.2) is 0 Å². The molecule has 2 atom stereocenters. The van der Waals surface area contributed by atoms with E-state index in [1.807, 2.05) is 0 Å². The van der Waals surface area contributed by atoms with Gasteiger partial charge in [0.2, 0.25) is 0 Å². The second kappa shape index (κ2) is 10.3. The molecule has 3 fully saturated rings. The highest BCUT2D eigenvalue weighted by Crippen LogP contribution is 2.27. The zero-order valence-electron chi connectivity index (χ0n) is 18.6. The number of piperidine rings is 1. The van der Waals surface area contributed by atoms with Crippen molar-refractivity contribution in [1.29, 1.82) is 5.26 Å². The molecule has 3 rings (SSSR count). The number of likely N-dealkylation sites (tertiary alicyclic amines) is 3. The Labute approximate surface area is 177 Å². The fourth-order valence-corrected chi connectivity index (χ4v) is 5.33. The third-order valence-corrected chi connectivity index (χ3v) is 7.30. The number of hydrogen-bond acceptors (Lipinski definition) is 5. The van der Waals surface area contributed by atoms with Gasteiger partial charge in [-0.05, 0) is 71.4 Å². The Morgan fingerprint density at radius 2 is 1.66 bits per heavy atom. The zero-order valence-corrected chi connectivity index (χ0v) is 18.6. The van der Waals surface area contributed by atoms with Crippen LogP contribution < -0.4 is 0 Å². The van der Waals surface area contributed by atoms with E-state index >= 15 is 0 Å². The summed E-state index contributed by atoms with van der Waals surface area (Å²) in [6.07, 6.45) is 7.54. The van der Waals surface area contributed by atoms with Crippen LogP contribution in [0, 0.1) is 23.8 Å². The van der Waals surface area contributed by atoms with Gasteiger partial charge in [-0.15, -0.1) is 0 Å². The van der Waals surface area contributed by atoms with Crippen LogP contribution in [0.2, 0.25) is 0 Å². The molecule has 0 bridgehead atoms. The molecule has 0 radical (unpaired) electrons. The number of hydrogen-bond donors (Lipinski definition) is 0. The quantitative estimate of drug-likeness (QED) is 0.487. The lowest BCUT2D eigenvalue weighted by atomic mass is 9.95. The number of nitriles is 1. The summed E-state index contributed by atoms with van der Waals surface area (Å²) in [5.41, 5.74) is 0.244. The first-order chi connectivity index (χ1) is 14.0. The molecule has 0 aliphatic carbocycles. The van der Waals surface area contributed by atoms with Crippen LogP contribution in [-0.4, -0.2) is 84.5 Å². The smallest absolute Gasteiger partial charge is 0.300 e. The zero-order chi connectivity index (χ0) is 20.8. The highest BCUT2D eigenvalue weighted by Gasteiger charge is 2.29. The second-order valence-corrected chi connectivity index (χ2v) is 9.26. The van der Waals surface area contributed by atoms with Gasteiger partial charge < -0.3 is 14.7 Å². The molecule has 29 heavy (non-hydrogen) atoms. The average Bonchev–Trinajstić information content (AvgIpc) is 3.33. The molecule has 160 valence electrons. The second-order valence-electron chi connectivity index (χ2n) is 9.26. The predicted octanol–water partition coefficient (Wildman–Crippen LogP) is 3.21. The Kier molecular flexibility index (Phi) is 7.81. The lowest BCUT2D eigenvalue weighted by Crippen LogP contribution is -2.44. The van der Waals surface area contributed by atoms with Gasteiger partial charge in [0, 0.05) is 51.9 Å². The molecular weight excluding hydrogens is 360 g/mol. The molecule has 0 aromatic heterocycles. The molecule has 0 saturated carbocycles. The van der Waals surface area contributed by atoms with E-state index in [1.165, 1.54) is 45.3 Å². The molecule has 0 N–H and O–H groups in total. The van der Waals surface area contributed by atoms with E-state index in [1.54, 1.807) is 0 Å². The van der Waals surface area contributed by atoms with E-state index in [0.29, 0.717) is 6.04 Å². The van der Waals surface area contributed by atoms with Gasteiger partial charge >= 0.3 is 5.70 Å². The van der Waals surface area contributed by atoms with E-state index in [0.717, 1.165) is 56.8 Å². The Hall–Kier alpha value is -1.76. The number of rotatable bonds is 7. The average molecular weight is 399 g/mol. The standard InChI is InChI=1S/C23H38N6/c1-19-7-5-11-27(19)16-15-26(4)23(22(17-24)25-3)28-13-9-21(10-14-28)18-29-12-6-8-20(29)2/h19-21H,5-16,18H2,1-2,4H3/t19-,20?/m0/s1. The van der Waals surface area contributed by atoms with E-state index in [9.17, 15) is 5.26 Å². The molecule has 3 saturated heterocycles. The van der Waals surface area contributed by atoms with Gasteiger partial charge in [-0.1, -0.05) is 0 Å². The molecule has 6 heteroatoms. The molecule has 1 unspecified atom stereocenters. The van der Waals surface area contributed by atoms with E-state index < -0.39 is 0 Å². The summed E-state index contributed by atoms with van der Waals surface area (Å²) in [6.45, 7) is 19.6.